The maximum Gasteiger partial charge on any atom is 0.407 e. The molecular weight excluding hydrogens is 419 g/mol. The molecule has 24 heavy (non-hydrogen) atoms. The van der Waals surface area contributed by atoms with Crippen molar-refractivity contribution >= 4 is 36.0 Å². The molecule has 1 unspecified atom stereocenters. The van der Waals surface area contributed by atoms with E-state index in [1.807, 2.05) is 14.0 Å². The molecule has 2 saturated carbocycles. The van der Waals surface area contributed by atoms with Crippen LogP contribution in [0.4, 0.5) is 4.79 Å². The number of halogens is 1. The molecule has 6 nitrogen and oxygen atoms in total. The Balaban J connectivity index is 0.00000208. The van der Waals surface area contributed by atoms with Gasteiger partial charge in [-0.3, -0.25) is 4.99 Å². The number of rotatable bonds is 5. The van der Waals surface area contributed by atoms with Crippen molar-refractivity contribution in [3.8, 4) is 0 Å². The van der Waals surface area contributed by atoms with E-state index >= 15 is 0 Å². The Kier molecular flexibility index (Phi) is 7.00. The van der Waals surface area contributed by atoms with Gasteiger partial charge in [0.25, 0.3) is 0 Å². The first-order chi connectivity index (χ1) is 11.2. The molecule has 1 saturated heterocycles. The Bertz CT molecular complexity index is 464. The maximum absolute atomic E-state index is 11.7. The monoisotopic (exact) mass is 450 g/mol. The average molecular weight is 450 g/mol. The lowest BCUT2D eigenvalue weighted by Gasteiger charge is -2.38. The van der Waals surface area contributed by atoms with Crippen LogP contribution in [-0.2, 0) is 4.74 Å². The number of amides is 1. The van der Waals surface area contributed by atoms with Crippen LogP contribution in [0.15, 0.2) is 4.99 Å². The zero-order chi connectivity index (χ0) is 16.3. The Morgan fingerprint density at radius 3 is 2.62 bits per heavy atom. The van der Waals surface area contributed by atoms with Crippen LogP contribution in [0.1, 0.15) is 45.4 Å². The molecule has 1 heterocycles. The van der Waals surface area contributed by atoms with E-state index in [4.69, 9.17) is 4.74 Å². The van der Waals surface area contributed by atoms with E-state index in [1.54, 1.807) is 0 Å². The summed E-state index contributed by atoms with van der Waals surface area (Å²) in [6.07, 6.45) is 7.48. The molecule has 138 valence electrons. The number of guanidine groups is 1. The second-order valence-corrected chi connectivity index (χ2v) is 7.26. The molecule has 2 aliphatic carbocycles. The van der Waals surface area contributed by atoms with Crippen molar-refractivity contribution in [2.75, 3.05) is 33.3 Å². The summed E-state index contributed by atoms with van der Waals surface area (Å²) in [5, 5.41) is 6.46. The second-order valence-electron chi connectivity index (χ2n) is 7.26. The van der Waals surface area contributed by atoms with Crippen LogP contribution >= 0.6 is 24.0 Å². The van der Waals surface area contributed by atoms with Gasteiger partial charge in [0.05, 0.1) is 12.6 Å². The predicted molar refractivity (Wildman–Crippen MR) is 106 cm³/mol. The lowest BCUT2D eigenvalue weighted by atomic mass is 9.68. The van der Waals surface area contributed by atoms with Gasteiger partial charge in [0.2, 0.25) is 0 Å². The summed E-state index contributed by atoms with van der Waals surface area (Å²) in [7, 11) is 1.85. The van der Waals surface area contributed by atoms with Gasteiger partial charge >= 0.3 is 6.09 Å². The Labute approximate surface area is 162 Å². The molecule has 0 radical (unpaired) electrons. The summed E-state index contributed by atoms with van der Waals surface area (Å²) < 4.78 is 5.01. The van der Waals surface area contributed by atoms with Gasteiger partial charge in [0, 0.05) is 26.7 Å². The zero-order valence-corrected chi connectivity index (χ0v) is 17.2. The number of carbonyl (C=O) groups excluding carboxylic acids is 1. The number of hydrogen-bond donors (Lipinski definition) is 2. The van der Waals surface area contributed by atoms with Crippen molar-refractivity contribution in [1.29, 1.82) is 0 Å². The number of aliphatic imine (C=N–C) groups is 1. The summed E-state index contributed by atoms with van der Waals surface area (Å²) in [6.45, 7) is 5.19. The van der Waals surface area contributed by atoms with E-state index in [9.17, 15) is 4.79 Å². The highest BCUT2D eigenvalue weighted by atomic mass is 127. The summed E-state index contributed by atoms with van der Waals surface area (Å²) >= 11 is 0. The fourth-order valence-corrected chi connectivity index (χ4v) is 3.89. The SMILES string of the molecule is CCOC(=O)NC(CNC(=NC)N1CCC2(CCC2)C1)C1CC1.I. The molecule has 0 aromatic rings. The first kappa shape index (κ1) is 19.6. The standard InChI is InChI=1S/C17H30N4O2.HI/c1-3-23-16(22)20-14(13-5-6-13)11-19-15(18-2)21-10-9-17(12-21)7-4-8-17;/h13-14H,3-12H2,1-2H3,(H,18,19)(H,20,22);1H. The Morgan fingerprint density at radius 2 is 2.12 bits per heavy atom. The predicted octanol–water partition coefficient (Wildman–Crippen LogP) is 2.58. The summed E-state index contributed by atoms with van der Waals surface area (Å²) in [5.41, 5.74) is 0.566. The number of nitrogens with zero attached hydrogens (tertiary/aromatic N) is 2. The van der Waals surface area contributed by atoms with Crippen LogP contribution in [0, 0.1) is 11.3 Å². The van der Waals surface area contributed by atoms with E-state index in [-0.39, 0.29) is 36.1 Å². The van der Waals surface area contributed by atoms with E-state index in [1.165, 1.54) is 38.5 Å². The molecule has 1 atom stereocenters. The van der Waals surface area contributed by atoms with Crippen molar-refractivity contribution in [2.24, 2.45) is 16.3 Å². The normalized spacial score (nSPS) is 23.2. The van der Waals surface area contributed by atoms with E-state index in [0.29, 0.717) is 17.9 Å². The van der Waals surface area contributed by atoms with Gasteiger partial charge in [-0.15, -0.1) is 24.0 Å². The van der Waals surface area contributed by atoms with Crippen LogP contribution in [0.2, 0.25) is 0 Å². The van der Waals surface area contributed by atoms with E-state index in [2.05, 4.69) is 20.5 Å². The first-order valence-electron chi connectivity index (χ1n) is 9.05. The highest BCUT2D eigenvalue weighted by Crippen LogP contribution is 2.47. The molecule has 0 aromatic carbocycles. The lowest BCUT2D eigenvalue weighted by Crippen LogP contribution is -2.49. The fraction of sp³-hybridized carbons (Fsp3) is 0.882. The van der Waals surface area contributed by atoms with Crippen LogP contribution < -0.4 is 10.6 Å². The third kappa shape index (κ3) is 4.67. The number of carbonyl (C=O) groups is 1. The number of ether oxygens (including phenoxy) is 1. The molecule has 1 amide bonds. The van der Waals surface area contributed by atoms with Crippen LogP contribution in [0.25, 0.3) is 0 Å². The minimum absolute atomic E-state index is 0. The van der Waals surface area contributed by atoms with Gasteiger partial charge in [-0.2, -0.15) is 0 Å². The number of nitrogens with one attached hydrogen (secondary N) is 2. The number of likely N-dealkylation sites (tertiary alicyclic amines) is 1. The summed E-state index contributed by atoms with van der Waals surface area (Å²) in [4.78, 5) is 18.5. The third-order valence-electron chi connectivity index (χ3n) is 5.61. The van der Waals surface area contributed by atoms with Gasteiger partial charge in [-0.25, -0.2) is 4.79 Å². The maximum atomic E-state index is 11.7. The largest absolute Gasteiger partial charge is 0.450 e. The Morgan fingerprint density at radius 1 is 1.38 bits per heavy atom. The second kappa shape index (κ2) is 8.58. The molecule has 2 N–H and O–H groups in total. The minimum atomic E-state index is -0.309. The molecule has 3 rings (SSSR count). The van der Waals surface area contributed by atoms with Crippen LogP contribution in [0.3, 0.4) is 0 Å². The van der Waals surface area contributed by atoms with Crippen molar-refractivity contribution in [2.45, 2.75) is 51.5 Å². The van der Waals surface area contributed by atoms with Crippen LogP contribution in [-0.4, -0.2) is 56.3 Å². The lowest BCUT2D eigenvalue weighted by molar-refractivity contribution is 0.146. The van der Waals surface area contributed by atoms with Gasteiger partial charge in [-0.05, 0) is 50.4 Å². The van der Waals surface area contributed by atoms with Gasteiger partial charge in [0.1, 0.15) is 0 Å². The summed E-state index contributed by atoms with van der Waals surface area (Å²) in [6, 6.07) is 0.131. The highest BCUT2D eigenvalue weighted by Gasteiger charge is 2.43. The topological polar surface area (TPSA) is 66.0 Å². The fourth-order valence-electron chi connectivity index (χ4n) is 3.89. The van der Waals surface area contributed by atoms with Crippen molar-refractivity contribution in [1.82, 2.24) is 15.5 Å². The first-order valence-corrected chi connectivity index (χ1v) is 9.05. The smallest absolute Gasteiger partial charge is 0.407 e. The molecular formula is C17H31IN4O2. The molecule has 3 fully saturated rings. The average Bonchev–Trinajstić information content (AvgIpc) is 3.24. The molecule has 0 aromatic heterocycles. The quantitative estimate of drug-likeness (QED) is 0.384. The third-order valence-corrected chi connectivity index (χ3v) is 5.61. The van der Waals surface area contributed by atoms with Crippen molar-refractivity contribution in [3.05, 3.63) is 0 Å². The zero-order valence-electron chi connectivity index (χ0n) is 14.8. The minimum Gasteiger partial charge on any atom is -0.450 e. The molecule has 1 spiro atoms. The summed E-state index contributed by atoms with van der Waals surface area (Å²) in [5.74, 6) is 1.55. The van der Waals surface area contributed by atoms with Crippen molar-refractivity contribution in [3.63, 3.8) is 0 Å². The van der Waals surface area contributed by atoms with E-state index < -0.39 is 0 Å². The Hall–Kier alpha value is -0.730. The molecule has 3 aliphatic rings. The van der Waals surface area contributed by atoms with Gasteiger partial charge < -0.3 is 20.3 Å². The van der Waals surface area contributed by atoms with E-state index in [0.717, 1.165) is 25.6 Å². The van der Waals surface area contributed by atoms with Gasteiger partial charge in [-0.1, -0.05) is 6.42 Å². The van der Waals surface area contributed by atoms with Gasteiger partial charge in [0.15, 0.2) is 5.96 Å². The molecule has 1 aliphatic heterocycles. The molecule has 0 bridgehead atoms. The number of alkyl carbamates (subject to hydrolysis) is 1. The number of hydrogen-bond acceptors (Lipinski definition) is 3. The van der Waals surface area contributed by atoms with Crippen LogP contribution in [0.5, 0.6) is 0 Å². The van der Waals surface area contributed by atoms with Crippen molar-refractivity contribution < 1.29 is 9.53 Å². The highest BCUT2D eigenvalue weighted by molar-refractivity contribution is 14.0. The molecule has 7 heteroatoms.